The van der Waals surface area contributed by atoms with Crippen LogP contribution in [0.15, 0.2) is 0 Å². The first-order valence-corrected chi connectivity index (χ1v) is 10.4. The number of nitrogens with zero attached hydrogens (tertiary/aromatic N) is 3. The van der Waals surface area contributed by atoms with Gasteiger partial charge in [-0.25, -0.2) is 0 Å². The van der Waals surface area contributed by atoms with Gasteiger partial charge in [-0.15, -0.1) is 0 Å². The molecule has 2 heterocycles. The second-order valence-corrected chi connectivity index (χ2v) is 9.07. The Hall–Kier alpha value is -1.18. The molecule has 27 heavy (non-hydrogen) atoms. The number of carbonyl (C=O) groups excluding carboxylic acids is 2. The lowest BCUT2D eigenvalue weighted by Gasteiger charge is -2.37. The highest BCUT2D eigenvalue weighted by molar-refractivity contribution is 5.79. The molecule has 7 nitrogen and oxygen atoms in total. The Labute approximate surface area is 164 Å². The summed E-state index contributed by atoms with van der Waals surface area (Å²) in [6.45, 7) is 13.1. The van der Waals surface area contributed by atoms with Crippen molar-refractivity contribution in [3.05, 3.63) is 0 Å². The molecule has 0 unspecified atom stereocenters. The van der Waals surface area contributed by atoms with E-state index in [-0.39, 0.29) is 17.4 Å². The van der Waals surface area contributed by atoms with Crippen LogP contribution in [0, 0.1) is 5.92 Å². The van der Waals surface area contributed by atoms with Gasteiger partial charge in [-0.1, -0.05) is 0 Å². The van der Waals surface area contributed by atoms with Crippen LogP contribution in [0.1, 0.15) is 40.0 Å². The Bertz CT molecular complexity index is 475. The summed E-state index contributed by atoms with van der Waals surface area (Å²) in [7, 11) is 2.00. The van der Waals surface area contributed by atoms with E-state index in [9.17, 15) is 9.59 Å². The Kier molecular flexibility index (Phi) is 8.51. The number of likely N-dealkylation sites (tertiary alicyclic amines) is 1. The summed E-state index contributed by atoms with van der Waals surface area (Å²) >= 11 is 0. The maximum absolute atomic E-state index is 12.6. The zero-order chi connectivity index (χ0) is 19.9. The maximum atomic E-state index is 12.6. The van der Waals surface area contributed by atoms with Crippen LogP contribution in [0.3, 0.4) is 0 Å². The van der Waals surface area contributed by atoms with Crippen molar-refractivity contribution in [2.45, 2.75) is 45.6 Å². The lowest BCUT2D eigenvalue weighted by Crippen LogP contribution is -2.54. The van der Waals surface area contributed by atoms with Gasteiger partial charge in [-0.3, -0.25) is 19.4 Å². The minimum atomic E-state index is -0.199. The minimum absolute atomic E-state index is 0.0587. The first-order chi connectivity index (χ1) is 12.8. The maximum Gasteiger partial charge on any atom is 0.236 e. The fraction of sp³-hybridized carbons (Fsp3) is 0.900. The summed E-state index contributed by atoms with van der Waals surface area (Å²) in [5, 5.41) is 6.22. The molecule has 0 atom stereocenters. The molecule has 0 aliphatic carbocycles. The third kappa shape index (κ3) is 8.15. The quantitative estimate of drug-likeness (QED) is 0.667. The van der Waals surface area contributed by atoms with E-state index >= 15 is 0 Å². The molecule has 156 valence electrons. The second-order valence-electron chi connectivity index (χ2n) is 9.07. The van der Waals surface area contributed by atoms with Crippen LogP contribution in [0.4, 0.5) is 0 Å². The lowest BCUT2D eigenvalue weighted by atomic mass is 9.93. The molecule has 0 aromatic rings. The molecule has 0 spiro atoms. The van der Waals surface area contributed by atoms with Gasteiger partial charge in [-0.05, 0) is 72.6 Å². The molecular formula is C20H39N5O2. The van der Waals surface area contributed by atoms with Crippen molar-refractivity contribution in [1.29, 1.82) is 0 Å². The summed E-state index contributed by atoms with van der Waals surface area (Å²) in [6.07, 6.45) is 3.64. The van der Waals surface area contributed by atoms with Crippen molar-refractivity contribution in [3.8, 4) is 0 Å². The highest BCUT2D eigenvalue weighted by atomic mass is 16.2. The van der Waals surface area contributed by atoms with Crippen LogP contribution in [0.25, 0.3) is 0 Å². The molecule has 0 saturated carbocycles. The second kappa shape index (κ2) is 10.4. The zero-order valence-corrected chi connectivity index (χ0v) is 17.7. The van der Waals surface area contributed by atoms with E-state index in [0.29, 0.717) is 13.1 Å². The first kappa shape index (κ1) is 22.1. The van der Waals surface area contributed by atoms with E-state index in [1.54, 1.807) is 0 Å². The fourth-order valence-corrected chi connectivity index (χ4v) is 3.89. The normalized spacial score (nSPS) is 20.7. The van der Waals surface area contributed by atoms with Gasteiger partial charge < -0.3 is 15.5 Å². The van der Waals surface area contributed by atoms with E-state index in [4.69, 9.17) is 0 Å². The lowest BCUT2D eigenvalue weighted by molar-refractivity contribution is -0.134. The summed E-state index contributed by atoms with van der Waals surface area (Å²) in [5.74, 6) is 1.09. The highest BCUT2D eigenvalue weighted by Crippen LogP contribution is 2.20. The topological polar surface area (TPSA) is 67.9 Å². The highest BCUT2D eigenvalue weighted by Gasteiger charge is 2.26. The average molecular weight is 382 g/mol. The molecular weight excluding hydrogens is 342 g/mol. The van der Waals surface area contributed by atoms with Crippen molar-refractivity contribution < 1.29 is 9.59 Å². The molecule has 0 radical (unpaired) electrons. The number of amides is 2. The largest absolute Gasteiger partial charge is 0.350 e. The van der Waals surface area contributed by atoms with E-state index in [2.05, 4.69) is 20.4 Å². The predicted octanol–water partition coefficient (Wildman–Crippen LogP) is 0.367. The van der Waals surface area contributed by atoms with E-state index in [1.165, 1.54) is 19.3 Å². The first-order valence-electron chi connectivity index (χ1n) is 10.4. The Morgan fingerprint density at radius 2 is 1.52 bits per heavy atom. The zero-order valence-electron chi connectivity index (χ0n) is 17.7. The molecule has 2 amide bonds. The third-order valence-electron chi connectivity index (χ3n) is 5.48. The van der Waals surface area contributed by atoms with Crippen LogP contribution in [-0.4, -0.2) is 98.0 Å². The summed E-state index contributed by atoms with van der Waals surface area (Å²) in [4.78, 5) is 31.1. The molecule has 2 fully saturated rings. The van der Waals surface area contributed by atoms with Gasteiger partial charge in [0, 0.05) is 31.7 Å². The van der Waals surface area contributed by atoms with Gasteiger partial charge in [-0.2, -0.15) is 0 Å². The molecule has 2 aliphatic heterocycles. The number of piperidine rings is 1. The Morgan fingerprint density at radius 1 is 0.926 bits per heavy atom. The van der Waals surface area contributed by atoms with Gasteiger partial charge in [0.25, 0.3) is 0 Å². The molecule has 0 aromatic heterocycles. The van der Waals surface area contributed by atoms with E-state index in [1.807, 2.05) is 32.7 Å². The average Bonchev–Trinajstić information content (AvgIpc) is 2.60. The molecule has 2 aliphatic rings. The van der Waals surface area contributed by atoms with Gasteiger partial charge in [0.15, 0.2) is 0 Å². The number of nitrogens with one attached hydrogen (secondary N) is 2. The molecule has 2 saturated heterocycles. The van der Waals surface area contributed by atoms with Crippen molar-refractivity contribution in [2.75, 3.05) is 66.0 Å². The number of carbonyl (C=O) groups is 2. The van der Waals surface area contributed by atoms with Crippen LogP contribution < -0.4 is 10.6 Å². The molecule has 2 N–H and O–H groups in total. The van der Waals surface area contributed by atoms with Crippen LogP contribution in [0.2, 0.25) is 0 Å². The smallest absolute Gasteiger partial charge is 0.236 e. The Balaban J connectivity index is 1.64. The van der Waals surface area contributed by atoms with Crippen LogP contribution in [-0.2, 0) is 9.59 Å². The number of rotatable bonds is 7. The van der Waals surface area contributed by atoms with E-state index in [0.717, 1.165) is 51.7 Å². The summed E-state index contributed by atoms with van der Waals surface area (Å²) in [6, 6.07) is 0. The van der Waals surface area contributed by atoms with Crippen molar-refractivity contribution in [2.24, 2.45) is 5.92 Å². The van der Waals surface area contributed by atoms with Crippen LogP contribution in [0.5, 0.6) is 0 Å². The monoisotopic (exact) mass is 381 g/mol. The van der Waals surface area contributed by atoms with Gasteiger partial charge in [0.1, 0.15) is 0 Å². The standard InChI is InChI=1S/C20H39N5O2/c1-20(2,3)22-18(26)15-24-11-13-25(14-12-24)19(27)16-23-9-6-17(7-10-23)5-8-21-4/h17,21H,5-16H2,1-4H3,(H,22,26). The molecule has 2 rings (SSSR count). The number of piperazine rings is 1. The number of hydrogen-bond acceptors (Lipinski definition) is 5. The van der Waals surface area contributed by atoms with Gasteiger partial charge in [0.05, 0.1) is 13.1 Å². The Morgan fingerprint density at radius 3 is 2.07 bits per heavy atom. The van der Waals surface area contributed by atoms with E-state index < -0.39 is 0 Å². The third-order valence-corrected chi connectivity index (χ3v) is 5.48. The summed E-state index contributed by atoms with van der Waals surface area (Å²) in [5.41, 5.74) is -0.199. The van der Waals surface area contributed by atoms with Crippen LogP contribution >= 0.6 is 0 Å². The van der Waals surface area contributed by atoms with Gasteiger partial charge >= 0.3 is 0 Å². The fourth-order valence-electron chi connectivity index (χ4n) is 3.89. The minimum Gasteiger partial charge on any atom is -0.350 e. The van der Waals surface area contributed by atoms with Gasteiger partial charge in [0.2, 0.25) is 11.8 Å². The van der Waals surface area contributed by atoms with Crippen molar-refractivity contribution in [3.63, 3.8) is 0 Å². The molecule has 7 heteroatoms. The SMILES string of the molecule is CNCCC1CCN(CC(=O)N2CCN(CC(=O)NC(C)(C)C)CC2)CC1. The summed E-state index contributed by atoms with van der Waals surface area (Å²) < 4.78 is 0. The molecule has 0 bridgehead atoms. The van der Waals surface area contributed by atoms with Crippen molar-refractivity contribution in [1.82, 2.24) is 25.3 Å². The van der Waals surface area contributed by atoms with Crippen molar-refractivity contribution >= 4 is 11.8 Å². The number of hydrogen-bond donors (Lipinski definition) is 2. The predicted molar refractivity (Wildman–Crippen MR) is 109 cm³/mol. The molecule has 0 aromatic carbocycles.